The maximum Gasteiger partial charge on any atom is 0.223 e. The van der Waals surface area contributed by atoms with Gasteiger partial charge in [0, 0.05) is 24.4 Å². The zero-order valence-corrected chi connectivity index (χ0v) is 13.1. The number of nitrogens with zero attached hydrogens (tertiary/aromatic N) is 1. The Kier molecular flexibility index (Phi) is 5.51. The molecule has 5 nitrogen and oxygen atoms in total. The van der Waals surface area contributed by atoms with Crippen molar-refractivity contribution in [3.63, 3.8) is 0 Å². The van der Waals surface area contributed by atoms with Crippen LogP contribution in [0, 0.1) is 5.92 Å². The van der Waals surface area contributed by atoms with E-state index in [9.17, 15) is 4.79 Å². The van der Waals surface area contributed by atoms with Gasteiger partial charge in [-0.2, -0.15) is 0 Å². The van der Waals surface area contributed by atoms with Crippen LogP contribution >= 0.6 is 11.3 Å². The van der Waals surface area contributed by atoms with E-state index in [0.29, 0.717) is 12.6 Å². The van der Waals surface area contributed by atoms with Crippen LogP contribution in [0.2, 0.25) is 0 Å². The number of methoxy groups -OCH3 is 1. The number of ether oxygens (including phenoxy) is 1. The molecule has 1 saturated heterocycles. The number of aromatic nitrogens is 1. The standard InChI is InChI=1S/C14H23N3O2S/c1-9-6-11(4-5-15-9)13(18)16-7-12-8-20-14(17-12)10(2)19-3/h8-11,15H,4-7H2,1-3H3,(H,16,18)/t9-,10?,11-/m0/s1. The van der Waals surface area contributed by atoms with Gasteiger partial charge >= 0.3 is 0 Å². The highest BCUT2D eigenvalue weighted by atomic mass is 32.1. The summed E-state index contributed by atoms with van der Waals surface area (Å²) < 4.78 is 5.24. The molecule has 1 aromatic heterocycles. The number of hydrogen-bond acceptors (Lipinski definition) is 5. The number of rotatable bonds is 5. The molecule has 112 valence electrons. The van der Waals surface area contributed by atoms with Gasteiger partial charge in [0.2, 0.25) is 5.91 Å². The van der Waals surface area contributed by atoms with E-state index in [2.05, 4.69) is 22.5 Å². The minimum atomic E-state index is 0.00900. The summed E-state index contributed by atoms with van der Waals surface area (Å²) in [5.74, 6) is 0.273. The molecule has 0 radical (unpaired) electrons. The third-order valence-electron chi connectivity index (χ3n) is 3.71. The van der Waals surface area contributed by atoms with Crippen LogP contribution in [0.5, 0.6) is 0 Å². The maximum absolute atomic E-state index is 12.1. The molecule has 0 aliphatic carbocycles. The van der Waals surface area contributed by atoms with Crippen molar-refractivity contribution in [3.8, 4) is 0 Å². The van der Waals surface area contributed by atoms with Crippen LogP contribution in [-0.4, -0.2) is 30.6 Å². The first-order valence-corrected chi connectivity index (χ1v) is 7.96. The molecule has 20 heavy (non-hydrogen) atoms. The predicted molar refractivity (Wildman–Crippen MR) is 79.6 cm³/mol. The molecule has 2 rings (SSSR count). The van der Waals surface area contributed by atoms with Crippen molar-refractivity contribution < 1.29 is 9.53 Å². The lowest BCUT2D eigenvalue weighted by molar-refractivity contribution is -0.126. The second kappa shape index (κ2) is 7.15. The molecule has 0 bridgehead atoms. The molecule has 1 fully saturated rings. The zero-order chi connectivity index (χ0) is 14.5. The summed E-state index contributed by atoms with van der Waals surface area (Å²) in [6.07, 6.45) is 1.84. The Balaban J connectivity index is 1.82. The molecule has 0 spiro atoms. The second-order valence-corrected chi connectivity index (χ2v) is 6.24. The number of nitrogens with one attached hydrogen (secondary N) is 2. The number of thiazole rings is 1. The second-order valence-electron chi connectivity index (χ2n) is 5.35. The minimum absolute atomic E-state index is 0.00900. The highest BCUT2D eigenvalue weighted by molar-refractivity contribution is 7.09. The molecule has 0 saturated carbocycles. The van der Waals surface area contributed by atoms with Gasteiger partial charge in [0.1, 0.15) is 11.1 Å². The zero-order valence-electron chi connectivity index (χ0n) is 12.3. The molecule has 1 aliphatic heterocycles. The normalized spacial score (nSPS) is 24.4. The van der Waals surface area contributed by atoms with Crippen LogP contribution < -0.4 is 10.6 Å². The smallest absolute Gasteiger partial charge is 0.223 e. The van der Waals surface area contributed by atoms with E-state index in [1.165, 1.54) is 0 Å². The van der Waals surface area contributed by atoms with Gasteiger partial charge in [0.15, 0.2) is 0 Å². The first-order chi connectivity index (χ1) is 9.60. The predicted octanol–water partition coefficient (Wildman–Crippen LogP) is 1.85. The van der Waals surface area contributed by atoms with Gasteiger partial charge in [0.05, 0.1) is 12.2 Å². The largest absolute Gasteiger partial charge is 0.375 e. The monoisotopic (exact) mass is 297 g/mol. The molecular formula is C14H23N3O2S. The summed E-state index contributed by atoms with van der Waals surface area (Å²) in [5, 5.41) is 9.29. The number of carbonyl (C=O) groups excluding carboxylic acids is 1. The van der Waals surface area contributed by atoms with Gasteiger partial charge in [0.25, 0.3) is 0 Å². The quantitative estimate of drug-likeness (QED) is 0.871. The third-order valence-corrected chi connectivity index (χ3v) is 4.76. The van der Waals surface area contributed by atoms with Crippen molar-refractivity contribution >= 4 is 17.2 Å². The topological polar surface area (TPSA) is 63.2 Å². The molecule has 1 aromatic rings. The van der Waals surface area contributed by atoms with Crippen molar-refractivity contribution in [3.05, 3.63) is 16.1 Å². The van der Waals surface area contributed by atoms with Gasteiger partial charge in [-0.15, -0.1) is 11.3 Å². The van der Waals surface area contributed by atoms with Crippen molar-refractivity contribution in [2.24, 2.45) is 5.92 Å². The average Bonchev–Trinajstić information content (AvgIpc) is 2.92. The molecule has 3 atom stereocenters. The fraction of sp³-hybridized carbons (Fsp3) is 0.714. The van der Waals surface area contributed by atoms with Crippen LogP contribution in [0.25, 0.3) is 0 Å². The lowest BCUT2D eigenvalue weighted by Gasteiger charge is -2.26. The van der Waals surface area contributed by atoms with Gasteiger partial charge in [-0.05, 0) is 33.2 Å². The fourth-order valence-corrected chi connectivity index (χ4v) is 3.23. The Morgan fingerprint density at radius 3 is 3.20 bits per heavy atom. The van der Waals surface area contributed by atoms with E-state index in [0.717, 1.165) is 30.1 Å². The SMILES string of the molecule is COC(C)c1nc(CNC(=O)[C@H]2CCN[C@@H](C)C2)cs1. The summed E-state index contributed by atoms with van der Waals surface area (Å²) in [6.45, 7) is 5.52. The Hall–Kier alpha value is -0.980. The summed E-state index contributed by atoms with van der Waals surface area (Å²) in [7, 11) is 1.67. The molecule has 6 heteroatoms. The number of piperidine rings is 1. The van der Waals surface area contributed by atoms with E-state index in [-0.39, 0.29) is 17.9 Å². The molecule has 1 amide bonds. The van der Waals surface area contributed by atoms with E-state index in [1.807, 2.05) is 12.3 Å². The van der Waals surface area contributed by atoms with E-state index >= 15 is 0 Å². The lowest BCUT2D eigenvalue weighted by Crippen LogP contribution is -2.42. The third kappa shape index (κ3) is 4.01. The van der Waals surface area contributed by atoms with Gasteiger partial charge in [-0.1, -0.05) is 0 Å². The number of carbonyl (C=O) groups is 1. The van der Waals surface area contributed by atoms with Crippen LogP contribution in [0.1, 0.15) is 43.5 Å². The number of amides is 1. The molecule has 2 N–H and O–H groups in total. The molecule has 1 unspecified atom stereocenters. The van der Waals surface area contributed by atoms with Crippen molar-refractivity contribution in [1.29, 1.82) is 0 Å². The van der Waals surface area contributed by atoms with Crippen molar-refractivity contribution in [1.82, 2.24) is 15.6 Å². The summed E-state index contributed by atoms with van der Waals surface area (Å²) in [5.41, 5.74) is 0.907. The van der Waals surface area contributed by atoms with Gasteiger partial charge in [-0.25, -0.2) is 4.98 Å². The van der Waals surface area contributed by atoms with Gasteiger partial charge in [-0.3, -0.25) is 4.79 Å². The van der Waals surface area contributed by atoms with Gasteiger partial charge < -0.3 is 15.4 Å². The fourth-order valence-electron chi connectivity index (χ4n) is 2.38. The Morgan fingerprint density at radius 1 is 1.70 bits per heavy atom. The lowest BCUT2D eigenvalue weighted by atomic mass is 9.92. The van der Waals surface area contributed by atoms with Crippen molar-refractivity contribution in [2.75, 3.05) is 13.7 Å². The minimum Gasteiger partial charge on any atom is -0.375 e. The van der Waals surface area contributed by atoms with E-state index in [1.54, 1.807) is 18.4 Å². The molecular weight excluding hydrogens is 274 g/mol. The van der Waals surface area contributed by atoms with E-state index < -0.39 is 0 Å². The average molecular weight is 297 g/mol. The summed E-state index contributed by atoms with van der Waals surface area (Å²) >= 11 is 1.57. The highest BCUT2D eigenvalue weighted by Crippen LogP contribution is 2.20. The van der Waals surface area contributed by atoms with Crippen LogP contribution in [0.4, 0.5) is 0 Å². The molecule has 1 aliphatic rings. The molecule has 0 aromatic carbocycles. The molecule has 2 heterocycles. The summed E-state index contributed by atoms with van der Waals surface area (Å²) in [4.78, 5) is 16.6. The Labute approximate surface area is 124 Å². The Bertz CT molecular complexity index is 449. The first kappa shape index (κ1) is 15.4. The van der Waals surface area contributed by atoms with E-state index in [4.69, 9.17) is 4.74 Å². The van der Waals surface area contributed by atoms with Crippen LogP contribution in [0.3, 0.4) is 0 Å². The Morgan fingerprint density at radius 2 is 2.50 bits per heavy atom. The van der Waals surface area contributed by atoms with Crippen molar-refractivity contribution in [2.45, 2.75) is 45.4 Å². The summed E-state index contributed by atoms with van der Waals surface area (Å²) in [6, 6.07) is 0.424. The number of hydrogen-bond donors (Lipinski definition) is 2. The maximum atomic E-state index is 12.1. The first-order valence-electron chi connectivity index (χ1n) is 7.08. The highest BCUT2D eigenvalue weighted by Gasteiger charge is 2.24. The van der Waals surface area contributed by atoms with Crippen LogP contribution in [-0.2, 0) is 16.1 Å². The van der Waals surface area contributed by atoms with Crippen LogP contribution in [0.15, 0.2) is 5.38 Å².